The molecule has 1 saturated heterocycles. The number of nitrogens with one attached hydrogen (secondary N) is 4. The van der Waals surface area contributed by atoms with Crippen LogP contribution in [0, 0.1) is 5.41 Å². The average Bonchev–Trinajstić information content (AvgIpc) is 2.83. The number of carbonyl (C=O) groups excluding carboxylic acids is 3. The third kappa shape index (κ3) is 8.23. The van der Waals surface area contributed by atoms with Crippen LogP contribution < -0.4 is 27.0 Å². The van der Waals surface area contributed by atoms with Gasteiger partial charge in [0, 0.05) is 20.2 Å². The lowest BCUT2D eigenvalue weighted by molar-refractivity contribution is -0.135. The Morgan fingerprint density at radius 2 is 1.89 bits per heavy atom. The zero-order chi connectivity index (χ0) is 27.1. The quantitative estimate of drug-likeness (QED) is 0.272. The second kappa shape index (κ2) is 12.8. The molecule has 1 aromatic rings. The Labute approximate surface area is 219 Å². The maximum absolute atomic E-state index is 13.4. The predicted octanol–water partition coefficient (Wildman–Crippen LogP) is 0.550. The van der Waals surface area contributed by atoms with E-state index in [0.29, 0.717) is 19.8 Å². The van der Waals surface area contributed by atoms with Crippen molar-refractivity contribution in [1.29, 1.82) is 0 Å². The molecule has 0 saturated carbocycles. The molecule has 10 heteroatoms. The number of rotatable bonds is 12. The Morgan fingerprint density at radius 1 is 1.16 bits per heavy atom. The molecule has 10 nitrogen and oxygen atoms in total. The summed E-state index contributed by atoms with van der Waals surface area (Å²) < 4.78 is 10.6. The summed E-state index contributed by atoms with van der Waals surface area (Å²) in [6.07, 6.45) is 2.69. The van der Waals surface area contributed by atoms with E-state index in [2.05, 4.69) is 27.3 Å². The molecular weight excluding hydrogens is 474 g/mol. The van der Waals surface area contributed by atoms with Crippen molar-refractivity contribution < 1.29 is 23.9 Å². The summed E-state index contributed by atoms with van der Waals surface area (Å²) in [6, 6.07) is 6.15. The highest BCUT2D eigenvalue weighted by atomic mass is 16.5. The van der Waals surface area contributed by atoms with Gasteiger partial charge in [-0.2, -0.15) is 0 Å². The SMILES string of the molecule is COC[C@H](NC(=O)[C@H](CC(=O)NCC(C)(C)C)NC1(CN)COC1)C(=O)N[C@@H]1CCCc2ccccc21. The molecule has 1 aromatic carbocycles. The Kier molecular flexibility index (Phi) is 10.1. The van der Waals surface area contributed by atoms with Gasteiger partial charge in [0.2, 0.25) is 17.7 Å². The minimum atomic E-state index is -0.917. The largest absolute Gasteiger partial charge is 0.382 e. The summed E-state index contributed by atoms with van der Waals surface area (Å²) in [6.45, 7) is 7.48. The number of aryl methyl sites for hydroxylation is 1. The lowest BCUT2D eigenvalue weighted by Crippen LogP contribution is -2.70. The zero-order valence-electron chi connectivity index (χ0n) is 22.5. The van der Waals surface area contributed by atoms with Gasteiger partial charge < -0.3 is 31.2 Å². The summed E-state index contributed by atoms with van der Waals surface area (Å²) >= 11 is 0. The second-order valence-electron chi connectivity index (χ2n) is 11.4. The van der Waals surface area contributed by atoms with Crippen molar-refractivity contribution in [3.05, 3.63) is 35.4 Å². The molecular formula is C27H43N5O5. The molecule has 3 rings (SSSR count). The van der Waals surface area contributed by atoms with Crippen LogP contribution in [0.3, 0.4) is 0 Å². The van der Waals surface area contributed by atoms with E-state index in [-0.39, 0.29) is 42.8 Å². The zero-order valence-corrected chi connectivity index (χ0v) is 22.5. The van der Waals surface area contributed by atoms with Crippen LogP contribution >= 0.6 is 0 Å². The molecule has 1 aliphatic carbocycles. The van der Waals surface area contributed by atoms with E-state index in [1.54, 1.807) is 0 Å². The molecule has 0 spiro atoms. The van der Waals surface area contributed by atoms with E-state index in [1.165, 1.54) is 12.7 Å². The fraction of sp³-hybridized carbons (Fsp3) is 0.667. The minimum Gasteiger partial charge on any atom is -0.382 e. The number of fused-ring (bicyclic) bond motifs is 1. The van der Waals surface area contributed by atoms with E-state index in [0.717, 1.165) is 24.8 Å². The van der Waals surface area contributed by atoms with Gasteiger partial charge in [0.15, 0.2) is 0 Å². The van der Waals surface area contributed by atoms with Gasteiger partial charge in [-0.15, -0.1) is 0 Å². The highest BCUT2D eigenvalue weighted by molar-refractivity contribution is 5.92. The molecule has 0 radical (unpaired) electrons. The van der Waals surface area contributed by atoms with Crippen molar-refractivity contribution in [3.8, 4) is 0 Å². The molecule has 0 unspecified atom stereocenters. The summed E-state index contributed by atoms with van der Waals surface area (Å²) in [7, 11) is 1.48. The Bertz CT molecular complexity index is 938. The molecule has 0 bridgehead atoms. The number of benzene rings is 1. The van der Waals surface area contributed by atoms with Crippen LogP contribution in [0.25, 0.3) is 0 Å². The van der Waals surface area contributed by atoms with Crippen LogP contribution in [-0.4, -0.2) is 75.4 Å². The molecule has 6 N–H and O–H groups in total. The fourth-order valence-corrected chi connectivity index (χ4v) is 4.61. The van der Waals surface area contributed by atoms with Crippen LogP contribution in [0.2, 0.25) is 0 Å². The Balaban J connectivity index is 1.69. The smallest absolute Gasteiger partial charge is 0.245 e. The third-order valence-corrected chi connectivity index (χ3v) is 6.80. The van der Waals surface area contributed by atoms with Gasteiger partial charge >= 0.3 is 0 Å². The van der Waals surface area contributed by atoms with Gasteiger partial charge in [-0.05, 0) is 35.8 Å². The molecule has 1 heterocycles. The molecule has 1 aliphatic heterocycles. The van der Waals surface area contributed by atoms with E-state index < -0.39 is 23.5 Å². The number of methoxy groups -OCH3 is 1. The highest BCUT2D eigenvalue weighted by Crippen LogP contribution is 2.29. The first-order chi connectivity index (χ1) is 17.6. The maximum atomic E-state index is 13.4. The topological polar surface area (TPSA) is 144 Å². The molecule has 3 amide bonds. The van der Waals surface area contributed by atoms with Crippen LogP contribution in [0.1, 0.15) is 57.2 Å². The number of amides is 3. The molecule has 1 fully saturated rings. The summed E-state index contributed by atoms with van der Waals surface area (Å²) in [5, 5.41) is 12.0. The highest BCUT2D eigenvalue weighted by Gasteiger charge is 2.41. The first kappa shape index (κ1) is 29.0. The van der Waals surface area contributed by atoms with E-state index in [1.807, 2.05) is 39.0 Å². The summed E-state index contributed by atoms with van der Waals surface area (Å²) in [5.41, 5.74) is 7.60. The normalized spacial score (nSPS) is 20.1. The average molecular weight is 518 g/mol. The lowest BCUT2D eigenvalue weighted by Gasteiger charge is -2.43. The third-order valence-electron chi connectivity index (χ3n) is 6.80. The molecule has 3 atom stereocenters. The van der Waals surface area contributed by atoms with Crippen molar-refractivity contribution in [1.82, 2.24) is 21.3 Å². The molecule has 206 valence electrons. The fourth-order valence-electron chi connectivity index (χ4n) is 4.61. The van der Waals surface area contributed by atoms with Crippen molar-refractivity contribution in [2.24, 2.45) is 11.1 Å². The van der Waals surface area contributed by atoms with Crippen LogP contribution in [0.15, 0.2) is 24.3 Å². The van der Waals surface area contributed by atoms with Crippen molar-refractivity contribution >= 4 is 17.7 Å². The van der Waals surface area contributed by atoms with Gasteiger partial charge in [0.1, 0.15) is 6.04 Å². The van der Waals surface area contributed by atoms with Crippen molar-refractivity contribution in [2.45, 2.75) is 70.1 Å². The van der Waals surface area contributed by atoms with Gasteiger partial charge in [-0.25, -0.2) is 0 Å². The Morgan fingerprint density at radius 3 is 2.51 bits per heavy atom. The van der Waals surface area contributed by atoms with Crippen LogP contribution in [0.5, 0.6) is 0 Å². The lowest BCUT2D eigenvalue weighted by atomic mass is 9.87. The first-order valence-corrected chi connectivity index (χ1v) is 13.1. The number of carbonyl (C=O) groups is 3. The molecule has 37 heavy (non-hydrogen) atoms. The van der Waals surface area contributed by atoms with E-state index >= 15 is 0 Å². The summed E-state index contributed by atoms with van der Waals surface area (Å²) in [4.78, 5) is 39.4. The number of hydrogen-bond donors (Lipinski definition) is 5. The standard InChI is InChI=1S/C27H43N5O5/c1-26(2,3)15-29-23(33)12-21(32-27(14-28)16-37-17-27)24(34)31-22(13-36-4)25(35)30-20-11-7-9-18-8-5-6-10-19(18)20/h5-6,8,10,20-22,32H,7,9,11-17,28H2,1-4H3,(H,29,33)(H,30,35)(H,31,34)/t20-,21+,22+/m1/s1. The van der Waals surface area contributed by atoms with Crippen molar-refractivity contribution in [3.63, 3.8) is 0 Å². The number of ether oxygens (including phenoxy) is 2. The second-order valence-corrected chi connectivity index (χ2v) is 11.4. The summed E-state index contributed by atoms with van der Waals surface area (Å²) in [5.74, 6) is -1.05. The minimum absolute atomic E-state index is 0.0000234. The first-order valence-electron chi connectivity index (χ1n) is 13.1. The van der Waals surface area contributed by atoms with E-state index in [4.69, 9.17) is 15.2 Å². The maximum Gasteiger partial charge on any atom is 0.245 e. The number of nitrogens with two attached hydrogens (primary N) is 1. The number of hydrogen-bond acceptors (Lipinski definition) is 7. The van der Waals surface area contributed by atoms with Gasteiger partial charge in [-0.3, -0.25) is 19.7 Å². The van der Waals surface area contributed by atoms with Gasteiger partial charge in [0.05, 0.1) is 43.9 Å². The van der Waals surface area contributed by atoms with Gasteiger partial charge in [-0.1, -0.05) is 45.0 Å². The van der Waals surface area contributed by atoms with E-state index in [9.17, 15) is 14.4 Å². The van der Waals surface area contributed by atoms with Crippen LogP contribution in [-0.2, 0) is 30.3 Å². The van der Waals surface area contributed by atoms with Gasteiger partial charge in [0.25, 0.3) is 0 Å². The Hall–Kier alpha value is -2.53. The predicted molar refractivity (Wildman–Crippen MR) is 141 cm³/mol. The van der Waals surface area contributed by atoms with Crippen LogP contribution in [0.4, 0.5) is 0 Å². The monoisotopic (exact) mass is 517 g/mol. The molecule has 0 aromatic heterocycles. The molecule has 2 aliphatic rings. The van der Waals surface area contributed by atoms with Crippen molar-refractivity contribution in [2.75, 3.05) is 40.0 Å².